The number of aliphatic hydroxyl groups is 1. The molecule has 1 unspecified atom stereocenters. The van der Waals surface area contributed by atoms with Gasteiger partial charge in [-0.3, -0.25) is 0 Å². The predicted molar refractivity (Wildman–Crippen MR) is 52.1 cm³/mol. The van der Waals surface area contributed by atoms with Crippen LogP contribution < -0.4 is 0 Å². The molecule has 1 atom stereocenters. The zero-order valence-corrected chi connectivity index (χ0v) is 9.48. The minimum Gasteiger partial charge on any atom is -0.382 e. The molecule has 0 aliphatic heterocycles. The van der Waals surface area contributed by atoms with Crippen molar-refractivity contribution in [2.75, 3.05) is 0 Å². The Balaban J connectivity index is 3.16. The topological polar surface area (TPSA) is 20.2 Å². The van der Waals surface area contributed by atoms with Crippen LogP contribution in [0.25, 0.3) is 0 Å². The highest BCUT2D eigenvalue weighted by atomic mass is 19.4. The number of benzene rings is 1. The second kappa shape index (κ2) is 4.66. The molecule has 0 radical (unpaired) electrons. The Labute approximate surface area is 103 Å². The third-order valence-corrected chi connectivity index (χ3v) is 2.51. The van der Waals surface area contributed by atoms with Crippen LogP contribution in [0.1, 0.15) is 17.2 Å². The summed E-state index contributed by atoms with van der Waals surface area (Å²) in [6.07, 6.45) is -9.72. The number of alkyl halides is 7. The average Bonchev–Trinajstić information content (AvgIpc) is 2.27. The van der Waals surface area contributed by atoms with Crippen LogP contribution >= 0.6 is 0 Å². The Kier molecular flexibility index (Phi) is 3.86. The van der Waals surface area contributed by atoms with E-state index < -0.39 is 29.7 Å². The molecule has 19 heavy (non-hydrogen) atoms. The number of hydrogen-bond acceptors (Lipinski definition) is 1. The molecule has 0 amide bonds. The quantitative estimate of drug-likeness (QED) is 0.838. The second-order valence-corrected chi connectivity index (χ2v) is 4.01. The average molecular weight is 290 g/mol. The number of aryl methyl sites for hydroxylation is 1. The van der Waals surface area contributed by atoms with E-state index in [0.29, 0.717) is 5.56 Å². The van der Waals surface area contributed by atoms with Crippen molar-refractivity contribution in [3.05, 3.63) is 35.4 Å². The van der Waals surface area contributed by atoms with Crippen molar-refractivity contribution in [2.24, 2.45) is 0 Å². The molecule has 1 aromatic rings. The van der Waals surface area contributed by atoms with Gasteiger partial charge in [0.1, 0.15) is 6.10 Å². The van der Waals surface area contributed by atoms with E-state index in [-0.39, 0.29) is 0 Å². The van der Waals surface area contributed by atoms with Crippen LogP contribution in [0.3, 0.4) is 0 Å². The summed E-state index contributed by atoms with van der Waals surface area (Å²) >= 11 is 0. The lowest BCUT2D eigenvalue weighted by atomic mass is 9.97. The second-order valence-electron chi connectivity index (χ2n) is 4.01. The molecule has 0 spiro atoms. The fraction of sp³-hybridized carbons (Fsp3) is 0.455. The van der Waals surface area contributed by atoms with E-state index in [0.717, 1.165) is 12.1 Å². The molecule has 1 N–H and O–H groups in total. The molecule has 0 saturated heterocycles. The van der Waals surface area contributed by atoms with E-state index in [1.54, 1.807) is 6.92 Å². The van der Waals surface area contributed by atoms with Crippen LogP contribution in [0, 0.1) is 6.92 Å². The lowest BCUT2D eigenvalue weighted by Crippen LogP contribution is -2.54. The van der Waals surface area contributed by atoms with Crippen molar-refractivity contribution in [2.45, 2.75) is 31.0 Å². The van der Waals surface area contributed by atoms with Crippen LogP contribution in [0.4, 0.5) is 30.7 Å². The van der Waals surface area contributed by atoms with Crippen LogP contribution in [-0.2, 0) is 0 Å². The van der Waals surface area contributed by atoms with E-state index in [4.69, 9.17) is 5.11 Å². The lowest BCUT2D eigenvalue weighted by Gasteiger charge is -2.31. The van der Waals surface area contributed by atoms with Gasteiger partial charge in [0.2, 0.25) is 0 Å². The van der Waals surface area contributed by atoms with Gasteiger partial charge >= 0.3 is 18.0 Å². The summed E-state index contributed by atoms with van der Waals surface area (Å²) in [5.74, 6) is -12.0. The normalized spacial score (nSPS) is 15.4. The summed E-state index contributed by atoms with van der Waals surface area (Å²) in [7, 11) is 0. The minimum absolute atomic E-state index is 0.571. The fourth-order valence-corrected chi connectivity index (χ4v) is 1.32. The molecule has 0 aliphatic rings. The summed E-state index contributed by atoms with van der Waals surface area (Å²) in [5, 5.41) is 9.11. The zero-order valence-electron chi connectivity index (χ0n) is 9.48. The van der Waals surface area contributed by atoms with Gasteiger partial charge in [-0.1, -0.05) is 29.8 Å². The summed E-state index contributed by atoms with van der Waals surface area (Å²) in [6.45, 7) is 1.55. The van der Waals surface area contributed by atoms with Crippen LogP contribution in [0.15, 0.2) is 24.3 Å². The molecular weight excluding hydrogens is 281 g/mol. The van der Waals surface area contributed by atoms with Crippen molar-refractivity contribution in [1.29, 1.82) is 0 Å². The van der Waals surface area contributed by atoms with Gasteiger partial charge in [-0.05, 0) is 12.5 Å². The monoisotopic (exact) mass is 290 g/mol. The first-order chi connectivity index (χ1) is 8.41. The molecule has 1 nitrogen and oxygen atoms in total. The summed E-state index contributed by atoms with van der Waals surface area (Å²) < 4.78 is 87.5. The van der Waals surface area contributed by atoms with Gasteiger partial charge in [0.05, 0.1) is 0 Å². The summed E-state index contributed by atoms with van der Waals surface area (Å²) in [5.41, 5.74) is -0.152. The number of hydrogen-bond donors (Lipinski definition) is 1. The first kappa shape index (κ1) is 15.7. The standard InChI is InChI=1S/C11H9F7O/c1-6-2-4-7(5-3-6)8(19)9(12,13)10(14,15)11(16,17)18/h2-5,8,19H,1H3. The minimum atomic E-state index is -6.46. The van der Waals surface area contributed by atoms with Crippen molar-refractivity contribution >= 4 is 0 Å². The van der Waals surface area contributed by atoms with Gasteiger partial charge in [0, 0.05) is 0 Å². The largest absolute Gasteiger partial charge is 0.459 e. The van der Waals surface area contributed by atoms with Crippen molar-refractivity contribution in [1.82, 2.24) is 0 Å². The Morgan fingerprint density at radius 2 is 1.32 bits per heavy atom. The van der Waals surface area contributed by atoms with E-state index in [2.05, 4.69) is 0 Å². The van der Waals surface area contributed by atoms with Crippen LogP contribution in [-0.4, -0.2) is 23.1 Å². The van der Waals surface area contributed by atoms with Crippen molar-refractivity contribution in [3.8, 4) is 0 Å². The first-order valence-corrected chi connectivity index (χ1v) is 4.98. The Bertz CT molecular complexity index is 435. The van der Waals surface area contributed by atoms with Crippen molar-refractivity contribution < 1.29 is 35.8 Å². The van der Waals surface area contributed by atoms with Crippen LogP contribution in [0.2, 0.25) is 0 Å². The van der Waals surface area contributed by atoms with Crippen molar-refractivity contribution in [3.63, 3.8) is 0 Å². The zero-order chi connectivity index (χ0) is 15.1. The predicted octanol–water partition coefficient (Wildman–Crippen LogP) is 3.86. The molecule has 0 bridgehead atoms. The third kappa shape index (κ3) is 2.68. The molecular formula is C11H9F7O. The highest BCUT2D eigenvalue weighted by Gasteiger charge is 2.75. The Morgan fingerprint density at radius 3 is 1.68 bits per heavy atom. The van der Waals surface area contributed by atoms with Gasteiger partial charge < -0.3 is 5.11 Å². The van der Waals surface area contributed by atoms with Crippen LogP contribution in [0.5, 0.6) is 0 Å². The van der Waals surface area contributed by atoms with Gasteiger partial charge in [0.15, 0.2) is 0 Å². The molecule has 1 aromatic carbocycles. The molecule has 0 aliphatic carbocycles. The van der Waals surface area contributed by atoms with E-state index in [1.807, 2.05) is 0 Å². The fourth-order valence-electron chi connectivity index (χ4n) is 1.32. The molecule has 0 saturated carbocycles. The lowest BCUT2D eigenvalue weighted by molar-refractivity contribution is -0.372. The number of rotatable bonds is 3. The first-order valence-electron chi connectivity index (χ1n) is 4.98. The highest BCUT2D eigenvalue weighted by molar-refractivity contribution is 5.25. The smallest absolute Gasteiger partial charge is 0.382 e. The Morgan fingerprint density at radius 1 is 0.895 bits per heavy atom. The third-order valence-electron chi connectivity index (χ3n) is 2.51. The number of halogens is 7. The maximum Gasteiger partial charge on any atom is 0.459 e. The highest BCUT2D eigenvalue weighted by Crippen LogP contribution is 2.51. The summed E-state index contributed by atoms with van der Waals surface area (Å²) in [6, 6.07) is 4.14. The molecule has 1 rings (SSSR count). The molecule has 0 aromatic heterocycles. The maximum absolute atomic E-state index is 13.2. The van der Waals surface area contributed by atoms with Gasteiger partial charge in [-0.15, -0.1) is 0 Å². The van der Waals surface area contributed by atoms with E-state index in [1.165, 1.54) is 12.1 Å². The molecule has 0 heterocycles. The van der Waals surface area contributed by atoms with Gasteiger partial charge in [-0.25, -0.2) is 0 Å². The van der Waals surface area contributed by atoms with Gasteiger partial charge in [0.25, 0.3) is 0 Å². The van der Waals surface area contributed by atoms with E-state index in [9.17, 15) is 30.7 Å². The Hall–Kier alpha value is -1.31. The number of aliphatic hydroxyl groups excluding tert-OH is 1. The summed E-state index contributed by atoms with van der Waals surface area (Å²) in [4.78, 5) is 0. The molecule has 8 heteroatoms. The molecule has 0 fully saturated rings. The van der Waals surface area contributed by atoms with E-state index >= 15 is 0 Å². The SMILES string of the molecule is Cc1ccc(C(O)C(F)(F)C(F)(F)C(F)(F)F)cc1. The van der Waals surface area contributed by atoms with Gasteiger partial charge in [-0.2, -0.15) is 30.7 Å². The maximum atomic E-state index is 13.2. The molecule has 108 valence electrons.